The molecule has 4 heteroatoms. The van der Waals surface area contributed by atoms with Gasteiger partial charge in [-0.2, -0.15) is 0 Å². The number of aryl methyl sites for hydroxylation is 1. The molecule has 1 fully saturated rings. The quantitative estimate of drug-likeness (QED) is 0.804. The Labute approximate surface area is 118 Å². The zero-order chi connectivity index (χ0) is 13.9. The molecule has 1 saturated heterocycles. The number of piperidine rings is 1. The summed E-state index contributed by atoms with van der Waals surface area (Å²) < 4.78 is 0. The van der Waals surface area contributed by atoms with Gasteiger partial charge in [0.25, 0.3) is 0 Å². The van der Waals surface area contributed by atoms with Gasteiger partial charge < -0.3 is 0 Å². The average molecular weight is 269 g/mol. The van der Waals surface area contributed by atoms with Gasteiger partial charge in [0.2, 0.25) is 0 Å². The van der Waals surface area contributed by atoms with Gasteiger partial charge in [-0.15, -0.1) is 0 Å². The van der Waals surface area contributed by atoms with Crippen molar-refractivity contribution in [3.8, 4) is 0 Å². The van der Waals surface area contributed by atoms with Crippen molar-refractivity contribution in [2.24, 2.45) is 0 Å². The number of likely N-dealkylation sites (tertiary alicyclic amines) is 1. The maximum atomic E-state index is 12.4. The molecular formula is C16H19N3O. The zero-order valence-corrected chi connectivity index (χ0v) is 11.8. The summed E-state index contributed by atoms with van der Waals surface area (Å²) >= 11 is 0. The van der Waals surface area contributed by atoms with Crippen LogP contribution in [0, 0.1) is 6.92 Å². The molecule has 0 amide bonds. The fourth-order valence-corrected chi connectivity index (χ4v) is 2.75. The molecule has 0 bridgehead atoms. The van der Waals surface area contributed by atoms with Crippen LogP contribution in [0.1, 0.15) is 35.4 Å². The third-order valence-electron chi connectivity index (χ3n) is 3.82. The summed E-state index contributed by atoms with van der Waals surface area (Å²) in [6.07, 6.45) is 3.66. The molecule has 1 aromatic carbocycles. The Morgan fingerprint density at radius 3 is 2.45 bits per heavy atom. The van der Waals surface area contributed by atoms with Crippen molar-refractivity contribution in [2.75, 3.05) is 19.6 Å². The Kier molecular flexibility index (Phi) is 3.74. The van der Waals surface area contributed by atoms with E-state index in [1.807, 2.05) is 31.2 Å². The van der Waals surface area contributed by atoms with Crippen LogP contribution in [0.25, 0.3) is 11.0 Å². The number of rotatable bonds is 3. The van der Waals surface area contributed by atoms with Crippen molar-refractivity contribution in [3.63, 3.8) is 0 Å². The number of para-hydroxylation sites is 2. The Balaban J connectivity index is 1.84. The number of ketones is 1. The lowest BCUT2D eigenvalue weighted by Gasteiger charge is -2.25. The van der Waals surface area contributed by atoms with E-state index in [0.717, 1.165) is 29.8 Å². The van der Waals surface area contributed by atoms with Gasteiger partial charge in [-0.05, 0) is 45.0 Å². The lowest BCUT2D eigenvalue weighted by atomic mass is 10.1. The highest BCUT2D eigenvalue weighted by Gasteiger charge is 2.18. The third kappa shape index (κ3) is 2.70. The van der Waals surface area contributed by atoms with Crippen LogP contribution in [0.15, 0.2) is 24.3 Å². The molecule has 1 aliphatic heterocycles. The summed E-state index contributed by atoms with van der Waals surface area (Å²) in [6.45, 7) is 4.37. The fraction of sp³-hybridized carbons (Fsp3) is 0.438. The number of hydrogen-bond acceptors (Lipinski definition) is 4. The predicted molar refractivity (Wildman–Crippen MR) is 78.9 cm³/mol. The van der Waals surface area contributed by atoms with Gasteiger partial charge >= 0.3 is 0 Å². The Morgan fingerprint density at radius 2 is 1.75 bits per heavy atom. The van der Waals surface area contributed by atoms with Gasteiger partial charge in [-0.1, -0.05) is 18.6 Å². The molecule has 4 nitrogen and oxygen atoms in total. The molecule has 0 radical (unpaired) electrons. The number of hydrogen-bond donors (Lipinski definition) is 0. The molecule has 0 aliphatic carbocycles. The monoisotopic (exact) mass is 269 g/mol. The second kappa shape index (κ2) is 5.67. The number of Topliss-reactive ketones (excluding diaryl/α,β-unsaturated/α-hetero) is 1. The summed E-state index contributed by atoms with van der Waals surface area (Å²) in [4.78, 5) is 23.6. The van der Waals surface area contributed by atoms with Crippen LogP contribution in [0.5, 0.6) is 0 Å². The normalized spacial score (nSPS) is 16.4. The van der Waals surface area contributed by atoms with Crippen molar-refractivity contribution in [2.45, 2.75) is 26.2 Å². The van der Waals surface area contributed by atoms with Gasteiger partial charge in [0, 0.05) is 0 Å². The van der Waals surface area contributed by atoms with Crippen molar-refractivity contribution >= 4 is 16.8 Å². The van der Waals surface area contributed by atoms with E-state index in [4.69, 9.17) is 0 Å². The molecule has 1 aromatic heterocycles. The summed E-state index contributed by atoms with van der Waals surface area (Å²) in [5.41, 5.74) is 2.89. The molecule has 104 valence electrons. The molecule has 0 saturated carbocycles. The molecule has 0 N–H and O–H groups in total. The first-order valence-electron chi connectivity index (χ1n) is 7.23. The molecule has 20 heavy (non-hydrogen) atoms. The average Bonchev–Trinajstić information content (AvgIpc) is 2.47. The summed E-state index contributed by atoms with van der Waals surface area (Å²) in [5.74, 6) is 0.0858. The maximum Gasteiger partial charge on any atom is 0.196 e. The minimum Gasteiger partial charge on any atom is -0.296 e. The standard InChI is InChI=1S/C16H19N3O/c1-12-16(15(20)11-19-9-5-2-6-10-19)18-14-8-4-3-7-13(14)17-12/h3-4,7-8H,2,5-6,9-11H2,1H3. The highest BCUT2D eigenvalue weighted by molar-refractivity contribution is 5.98. The van der Waals surface area contributed by atoms with Crippen LogP contribution in [0.3, 0.4) is 0 Å². The van der Waals surface area contributed by atoms with Gasteiger partial charge in [-0.25, -0.2) is 9.97 Å². The molecular weight excluding hydrogens is 250 g/mol. The van der Waals surface area contributed by atoms with Crippen LogP contribution in [-0.2, 0) is 0 Å². The third-order valence-corrected chi connectivity index (χ3v) is 3.82. The first-order chi connectivity index (χ1) is 9.74. The predicted octanol–water partition coefficient (Wildman–Crippen LogP) is 2.61. The highest BCUT2D eigenvalue weighted by Crippen LogP contribution is 2.14. The highest BCUT2D eigenvalue weighted by atomic mass is 16.1. The molecule has 2 aromatic rings. The topological polar surface area (TPSA) is 46.1 Å². The molecule has 0 unspecified atom stereocenters. The number of benzene rings is 1. The molecule has 0 atom stereocenters. The lowest BCUT2D eigenvalue weighted by molar-refractivity contribution is 0.0910. The number of carbonyl (C=O) groups is 1. The smallest absolute Gasteiger partial charge is 0.196 e. The van der Waals surface area contributed by atoms with Crippen LogP contribution >= 0.6 is 0 Å². The zero-order valence-electron chi connectivity index (χ0n) is 11.8. The van der Waals surface area contributed by atoms with E-state index >= 15 is 0 Å². The second-order valence-electron chi connectivity index (χ2n) is 5.41. The first kappa shape index (κ1) is 13.2. The van der Waals surface area contributed by atoms with Crippen LogP contribution < -0.4 is 0 Å². The van der Waals surface area contributed by atoms with Crippen molar-refractivity contribution in [1.82, 2.24) is 14.9 Å². The lowest BCUT2D eigenvalue weighted by Crippen LogP contribution is -2.35. The Hall–Kier alpha value is -1.81. The maximum absolute atomic E-state index is 12.4. The number of nitrogens with zero attached hydrogens (tertiary/aromatic N) is 3. The van der Waals surface area contributed by atoms with E-state index in [2.05, 4.69) is 14.9 Å². The molecule has 1 aliphatic rings. The summed E-state index contributed by atoms with van der Waals surface area (Å²) in [7, 11) is 0. The molecule has 3 rings (SSSR count). The fourth-order valence-electron chi connectivity index (χ4n) is 2.75. The van der Waals surface area contributed by atoms with Gasteiger partial charge in [0.1, 0.15) is 5.69 Å². The SMILES string of the molecule is Cc1nc2ccccc2nc1C(=O)CN1CCCCC1. The minimum absolute atomic E-state index is 0.0858. The van der Waals surface area contributed by atoms with Crippen LogP contribution in [0.4, 0.5) is 0 Å². The largest absolute Gasteiger partial charge is 0.296 e. The number of fused-ring (bicyclic) bond motifs is 1. The molecule has 2 heterocycles. The summed E-state index contributed by atoms with van der Waals surface area (Å²) in [5, 5.41) is 0. The van der Waals surface area contributed by atoms with Crippen molar-refractivity contribution in [3.05, 3.63) is 35.7 Å². The van der Waals surface area contributed by atoms with Gasteiger partial charge in [0.15, 0.2) is 5.78 Å². The van der Waals surface area contributed by atoms with E-state index in [0.29, 0.717) is 12.2 Å². The Bertz CT molecular complexity index is 633. The first-order valence-corrected chi connectivity index (χ1v) is 7.23. The van der Waals surface area contributed by atoms with Crippen LogP contribution in [-0.4, -0.2) is 40.3 Å². The minimum atomic E-state index is 0.0858. The van der Waals surface area contributed by atoms with Gasteiger partial charge in [0.05, 0.1) is 23.3 Å². The van der Waals surface area contributed by atoms with Crippen LogP contribution in [0.2, 0.25) is 0 Å². The Morgan fingerprint density at radius 1 is 1.10 bits per heavy atom. The molecule has 0 spiro atoms. The van der Waals surface area contributed by atoms with E-state index < -0.39 is 0 Å². The van der Waals surface area contributed by atoms with Crippen molar-refractivity contribution in [1.29, 1.82) is 0 Å². The van der Waals surface area contributed by atoms with E-state index in [-0.39, 0.29) is 5.78 Å². The van der Waals surface area contributed by atoms with E-state index in [9.17, 15) is 4.79 Å². The number of carbonyl (C=O) groups excluding carboxylic acids is 1. The van der Waals surface area contributed by atoms with E-state index in [1.165, 1.54) is 19.3 Å². The van der Waals surface area contributed by atoms with E-state index in [1.54, 1.807) is 0 Å². The number of aromatic nitrogens is 2. The van der Waals surface area contributed by atoms with Gasteiger partial charge in [-0.3, -0.25) is 9.69 Å². The second-order valence-corrected chi connectivity index (χ2v) is 5.41. The summed E-state index contributed by atoms with van der Waals surface area (Å²) in [6, 6.07) is 7.69. The van der Waals surface area contributed by atoms with Crippen molar-refractivity contribution < 1.29 is 4.79 Å².